The van der Waals surface area contributed by atoms with Crippen molar-refractivity contribution in [2.24, 2.45) is 0 Å². The minimum Gasteiger partial charge on any atom is -0.387 e. The van der Waals surface area contributed by atoms with Crippen LogP contribution in [0.2, 0.25) is 0 Å². The van der Waals surface area contributed by atoms with E-state index in [-0.39, 0.29) is 5.91 Å². The molecular formula is C14H18Br2N2O2. The molecule has 0 aromatic heterocycles. The third-order valence-electron chi connectivity index (χ3n) is 3.32. The summed E-state index contributed by atoms with van der Waals surface area (Å²) in [5, 5.41) is 12.9. The highest BCUT2D eigenvalue weighted by Gasteiger charge is 2.40. The Labute approximate surface area is 135 Å². The van der Waals surface area contributed by atoms with Gasteiger partial charge in [-0.2, -0.15) is 0 Å². The number of likely N-dealkylation sites (tertiary alicyclic amines) is 1. The molecule has 1 aromatic carbocycles. The van der Waals surface area contributed by atoms with Crippen LogP contribution in [0.25, 0.3) is 0 Å². The quantitative estimate of drug-likeness (QED) is 0.791. The van der Waals surface area contributed by atoms with E-state index in [1.165, 1.54) is 0 Å². The van der Waals surface area contributed by atoms with Gasteiger partial charge in [0.25, 0.3) is 0 Å². The smallest absolute Gasteiger partial charge is 0.238 e. The normalized spacial score (nSPS) is 17.6. The first-order valence-electron chi connectivity index (χ1n) is 6.61. The Bertz CT molecular complexity index is 502. The summed E-state index contributed by atoms with van der Waals surface area (Å²) in [4.78, 5) is 13.9. The number of amides is 1. The van der Waals surface area contributed by atoms with E-state index in [1.54, 1.807) is 0 Å². The van der Waals surface area contributed by atoms with Gasteiger partial charge in [0, 0.05) is 22.0 Å². The largest absolute Gasteiger partial charge is 0.387 e. The Balaban J connectivity index is 1.82. The molecule has 0 bridgehead atoms. The number of halogens is 2. The average molecular weight is 406 g/mol. The summed E-state index contributed by atoms with van der Waals surface area (Å²) in [7, 11) is 0. The van der Waals surface area contributed by atoms with Crippen LogP contribution in [0.15, 0.2) is 27.1 Å². The van der Waals surface area contributed by atoms with Gasteiger partial charge >= 0.3 is 0 Å². The number of aliphatic hydroxyl groups is 1. The second kappa shape index (κ2) is 6.56. The van der Waals surface area contributed by atoms with E-state index in [9.17, 15) is 9.90 Å². The summed E-state index contributed by atoms with van der Waals surface area (Å²) in [5.41, 5.74) is 0.162. The van der Waals surface area contributed by atoms with Crippen molar-refractivity contribution < 1.29 is 9.90 Å². The average Bonchev–Trinajstić information content (AvgIpc) is 2.31. The predicted octanol–water partition coefficient (Wildman–Crippen LogP) is 3.00. The number of rotatable bonds is 5. The maximum absolute atomic E-state index is 12.0. The first-order chi connectivity index (χ1) is 9.42. The van der Waals surface area contributed by atoms with E-state index < -0.39 is 5.60 Å². The van der Waals surface area contributed by atoms with Gasteiger partial charge in [-0.1, -0.05) is 29.3 Å². The lowest BCUT2D eigenvalue weighted by molar-refractivity contribution is -0.129. The number of nitrogens with zero attached hydrogens (tertiary/aromatic N) is 1. The van der Waals surface area contributed by atoms with E-state index in [4.69, 9.17) is 0 Å². The SMILES string of the molecule is CCCC1(O)CN(CC(=O)Nc2ccc(Br)cc2Br)C1. The molecule has 110 valence electrons. The third kappa shape index (κ3) is 4.04. The highest BCUT2D eigenvalue weighted by atomic mass is 79.9. The highest BCUT2D eigenvalue weighted by Crippen LogP contribution is 2.27. The summed E-state index contributed by atoms with van der Waals surface area (Å²) in [6.45, 7) is 3.53. The van der Waals surface area contributed by atoms with Crippen molar-refractivity contribution in [3.63, 3.8) is 0 Å². The summed E-state index contributed by atoms with van der Waals surface area (Å²) in [6.07, 6.45) is 1.76. The van der Waals surface area contributed by atoms with E-state index in [0.29, 0.717) is 19.6 Å². The van der Waals surface area contributed by atoms with Crippen molar-refractivity contribution in [3.05, 3.63) is 27.1 Å². The maximum Gasteiger partial charge on any atom is 0.238 e. The minimum atomic E-state index is -0.590. The molecule has 0 saturated carbocycles. The molecule has 1 aliphatic heterocycles. The van der Waals surface area contributed by atoms with Crippen LogP contribution >= 0.6 is 31.9 Å². The van der Waals surface area contributed by atoms with Crippen molar-refractivity contribution >= 4 is 43.5 Å². The number of benzene rings is 1. The van der Waals surface area contributed by atoms with E-state index in [2.05, 4.69) is 44.1 Å². The van der Waals surface area contributed by atoms with Crippen LogP contribution in [0.5, 0.6) is 0 Å². The fraction of sp³-hybridized carbons (Fsp3) is 0.500. The van der Waals surface area contributed by atoms with Crippen LogP contribution in [0.1, 0.15) is 19.8 Å². The number of anilines is 1. The number of hydrogen-bond acceptors (Lipinski definition) is 3. The summed E-state index contributed by atoms with van der Waals surface area (Å²) in [5.74, 6) is -0.0634. The van der Waals surface area contributed by atoms with E-state index >= 15 is 0 Å². The zero-order valence-electron chi connectivity index (χ0n) is 11.3. The Morgan fingerprint density at radius 1 is 1.45 bits per heavy atom. The van der Waals surface area contributed by atoms with Crippen LogP contribution in [0.3, 0.4) is 0 Å². The van der Waals surface area contributed by atoms with Gasteiger partial charge in [-0.15, -0.1) is 0 Å². The zero-order chi connectivity index (χ0) is 14.8. The molecule has 1 aromatic rings. The van der Waals surface area contributed by atoms with Gasteiger partial charge in [0.15, 0.2) is 0 Å². The molecule has 2 rings (SSSR count). The highest BCUT2D eigenvalue weighted by molar-refractivity contribution is 9.11. The van der Waals surface area contributed by atoms with Crippen molar-refractivity contribution in [2.45, 2.75) is 25.4 Å². The van der Waals surface area contributed by atoms with Gasteiger partial charge in [0.1, 0.15) is 0 Å². The van der Waals surface area contributed by atoms with Crippen LogP contribution in [-0.2, 0) is 4.79 Å². The third-order valence-corrected chi connectivity index (χ3v) is 4.47. The molecule has 1 fully saturated rings. The first-order valence-corrected chi connectivity index (χ1v) is 8.20. The number of hydrogen-bond donors (Lipinski definition) is 2. The molecule has 1 saturated heterocycles. The van der Waals surface area contributed by atoms with Crippen LogP contribution in [0.4, 0.5) is 5.69 Å². The summed E-state index contributed by atoms with van der Waals surface area (Å²) < 4.78 is 1.79. The van der Waals surface area contributed by atoms with Crippen molar-refractivity contribution in [1.82, 2.24) is 4.90 Å². The monoisotopic (exact) mass is 404 g/mol. The standard InChI is InChI=1S/C14H18Br2N2O2/c1-2-5-14(20)8-18(9-14)7-13(19)17-12-4-3-10(15)6-11(12)16/h3-4,6,20H,2,5,7-9H2,1H3,(H,17,19). The molecular weight excluding hydrogens is 388 g/mol. The fourth-order valence-electron chi connectivity index (χ4n) is 2.51. The number of carbonyl (C=O) groups is 1. The molecule has 1 heterocycles. The number of carbonyl (C=O) groups excluding carboxylic acids is 1. The Kier molecular flexibility index (Phi) is 5.23. The molecule has 2 N–H and O–H groups in total. The zero-order valence-corrected chi connectivity index (χ0v) is 14.5. The second-order valence-electron chi connectivity index (χ2n) is 5.29. The van der Waals surface area contributed by atoms with Crippen molar-refractivity contribution in [3.8, 4) is 0 Å². The lowest BCUT2D eigenvalue weighted by atomic mass is 9.89. The van der Waals surface area contributed by atoms with E-state index in [1.807, 2.05) is 23.1 Å². The molecule has 6 heteroatoms. The van der Waals surface area contributed by atoms with Gasteiger partial charge < -0.3 is 10.4 Å². The fourth-order valence-corrected chi connectivity index (χ4v) is 3.65. The summed E-state index contributed by atoms with van der Waals surface area (Å²) >= 11 is 6.78. The van der Waals surface area contributed by atoms with Gasteiger partial charge in [0.2, 0.25) is 5.91 Å². The summed E-state index contributed by atoms with van der Waals surface area (Å²) in [6, 6.07) is 5.61. The molecule has 0 radical (unpaired) electrons. The molecule has 4 nitrogen and oxygen atoms in total. The molecule has 0 unspecified atom stereocenters. The minimum absolute atomic E-state index is 0.0634. The Morgan fingerprint density at radius 3 is 2.75 bits per heavy atom. The van der Waals surface area contributed by atoms with E-state index in [0.717, 1.165) is 27.5 Å². The molecule has 1 aliphatic rings. The van der Waals surface area contributed by atoms with Crippen LogP contribution in [0, 0.1) is 0 Å². The van der Waals surface area contributed by atoms with Crippen molar-refractivity contribution in [1.29, 1.82) is 0 Å². The number of β-amino-alcohol motifs (C(OH)–C–C–N with tert-alkyl or cyclic N) is 1. The lowest BCUT2D eigenvalue weighted by Gasteiger charge is -2.46. The van der Waals surface area contributed by atoms with Crippen LogP contribution in [-0.4, -0.2) is 41.1 Å². The van der Waals surface area contributed by atoms with Crippen molar-refractivity contribution in [2.75, 3.05) is 25.0 Å². The van der Waals surface area contributed by atoms with Gasteiger partial charge in [0.05, 0.1) is 17.8 Å². The number of nitrogens with one attached hydrogen (secondary N) is 1. The van der Waals surface area contributed by atoms with Gasteiger partial charge in [-0.25, -0.2) is 0 Å². The Morgan fingerprint density at radius 2 is 2.15 bits per heavy atom. The second-order valence-corrected chi connectivity index (χ2v) is 7.06. The molecule has 20 heavy (non-hydrogen) atoms. The molecule has 0 aliphatic carbocycles. The van der Waals surface area contributed by atoms with Gasteiger partial charge in [-0.05, 0) is 40.5 Å². The lowest BCUT2D eigenvalue weighted by Crippen LogP contribution is -2.62. The molecule has 1 amide bonds. The molecule has 0 atom stereocenters. The predicted molar refractivity (Wildman–Crippen MR) is 86.8 cm³/mol. The maximum atomic E-state index is 12.0. The van der Waals surface area contributed by atoms with Crippen LogP contribution < -0.4 is 5.32 Å². The molecule has 0 spiro atoms. The topological polar surface area (TPSA) is 52.6 Å². The Hall–Kier alpha value is -0.430. The first kappa shape index (κ1) is 15.9. The van der Waals surface area contributed by atoms with Gasteiger partial charge in [-0.3, -0.25) is 9.69 Å².